The molecule has 5 nitrogen and oxygen atoms in total. The fourth-order valence-corrected chi connectivity index (χ4v) is 4.37. The standard InChI is InChI=1S/C25H33N3O2/c1-4-28(5-2)24(30)27-22-15-13-20(14-16-22)19(3)26-23(29)25(17-9-10-18-25)21-11-7-6-8-12-21/h6-8,11-16,19H,4-5,9-10,17-18H2,1-3H3,(H,26,29)(H,27,30). The van der Waals surface area contributed by atoms with E-state index in [1.54, 1.807) is 4.90 Å². The van der Waals surface area contributed by atoms with Crippen LogP contribution in [0.15, 0.2) is 54.6 Å². The average Bonchev–Trinajstić information content (AvgIpc) is 3.27. The van der Waals surface area contributed by atoms with Gasteiger partial charge in [0.05, 0.1) is 11.5 Å². The zero-order chi connectivity index (χ0) is 21.6. The van der Waals surface area contributed by atoms with E-state index in [0.717, 1.165) is 42.5 Å². The Kier molecular flexibility index (Phi) is 7.14. The molecule has 0 spiro atoms. The maximum atomic E-state index is 13.3. The molecule has 2 aromatic carbocycles. The molecule has 1 saturated carbocycles. The number of urea groups is 1. The van der Waals surface area contributed by atoms with Crippen LogP contribution in [0.2, 0.25) is 0 Å². The van der Waals surface area contributed by atoms with Gasteiger partial charge in [-0.2, -0.15) is 0 Å². The summed E-state index contributed by atoms with van der Waals surface area (Å²) < 4.78 is 0. The maximum absolute atomic E-state index is 13.3. The molecule has 0 aliphatic heterocycles. The van der Waals surface area contributed by atoms with E-state index in [1.807, 2.05) is 63.2 Å². The minimum absolute atomic E-state index is 0.0971. The van der Waals surface area contributed by atoms with Crippen LogP contribution in [-0.4, -0.2) is 29.9 Å². The summed E-state index contributed by atoms with van der Waals surface area (Å²) in [4.78, 5) is 27.3. The second-order valence-electron chi connectivity index (χ2n) is 8.07. The predicted molar refractivity (Wildman–Crippen MR) is 122 cm³/mol. The number of nitrogens with zero attached hydrogens (tertiary/aromatic N) is 1. The van der Waals surface area contributed by atoms with Gasteiger partial charge in [-0.3, -0.25) is 4.79 Å². The van der Waals surface area contributed by atoms with E-state index in [9.17, 15) is 9.59 Å². The Morgan fingerprint density at radius 1 is 0.967 bits per heavy atom. The lowest BCUT2D eigenvalue weighted by Gasteiger charge is -2.30. The van der Waals surface area contributed by atoms with Crippen molar-refractivity contribution in [3.8, 4) is 0 Å². The molecule has 0 heterocycles. The topological polar surface area (TPSA) is 61.4 Å². The highest BCUT2D eigenvalue weighted by Gasteiger charge is 2.42. The summed E-state index contributed by atoms with van der Waals surface area (Å²) in [5.74, 6) is 0.109. The third-order valence-corrected chi connectivity index (χ3v) is 6.28. The SMILES string of the molecule is CCN(CC)C(=O)Nc1ccc(C(C)NC(=O)C2(c3ccccc3)CCCC2)cc1. The molecule has 1 atom stereocenters. The first-order valence-electron chi connectivity index (χ1n) is 11.0. The second kappa shape index (κ2) is 9.79. The smallest absolute Gasteiger partial charge is 0.321 e. The highest BCUT2D eigenvalue weighted by atomic mass is 16.2. The van der Waals surface area contributed by atoms with Crippen molar-refractivity contribution in [2.24, 2.45) is 0 Å². The second-order valence-corrected chi connectivity index (χ2v) is 8.07. The Morgan fingerprint density at radius 3 is 2.13 bits per heavy atom. The normalized spacial score (nSPS) is 16.0. The predicted octanol–water partition coefficient (Wildman–Crippen LogP) is 5.25. The first kappa shape index (κ1) is 21.9. The summed E-state index contributed by atoms with van der Waals surface area (Å²) in [6.07, 6.45) is 3.95. The molecule has 2 aromatic rings. The van der Waals surface area contributed by atoms with Crippen molar-refractivity contribution in [3.63, 3.8) is 0 Å². The molecule has 0 bridgehead atoms. The van der Waals surface area contributed by atoms with Crippen LogP contribution in [0.5, 0.6) is 0 Å². The summed E-state index contributed by atoms with van der Waals surface area (Å²) in [5.41, 5.74) is 2.46. The summed E-state index contributed by atoms with van der Waals surface area (Å²) in [5, 5.41) is 6.16. The van der Waals surface area contributed by atoms with Crippen LogP contribution in [0.4, 0.5) is 10.5 Å². The van der Waals surface area contributed by atoms with Crippen molar-refractivity contribution in [1.29, 1.82) is 0 Å². The van der Waals surface area contributed by atoms with E-state index >= 15 is 0 Å². The quantitative estimate of drug-likeness (QED) is 0.658. The molecule has 0 saturated heterocycles. The van der Waals surface area contributed by atoms with Gasteiger partial charge in [0.1, 0.15) is 0 Å². The fourth-order valence-electron chi connectivity index (χ4n) is 4.37. The van der Waals surface area contributed by atoms with E-state index in [2.05, 4.69) is 22.8 Å². The first-order valence-corrected chi connectivity index (χ1v) is 11.0. The van der Waals surface area contributed by atoms with Crippen LogP contribution in [0.25, 0.3) is 0 Å². The molecule has 1 aliphatic rings. The Balaban J connectivity index is 1.67. The van der Waals surface area contributed by atoms with Gasteiger partial charge < -0.3 is 15.5 Å². The number of anilines is 1. The van der Waals surface area contributed by atoms with Crippen molar-refractivity contribution < 1.29 is 9.59 Å². The molecule has 2 N–H and O–H groups in total. The zero-order valence-electron chi connectivity index (χ0n) is 18.3. The molecule has 160 valence electrons. The lowest BCUT2D eigenvalue weighted by atomic mass is 9.77. The van der Waals surface area contributed by atoms with Crippen LogP contribution in [-0.2, 0) is 10.2 Å². The van der Waals surface area contributed by atoms with Gasteiger partial charge in [-0.25, -0.2) is 4.79 Å². The fraction of sp³-hybridized carbons (Fsp3) is 0.440. The Labute approximate surface area is 179 Å². The largest absolute Gasteiger partial charge is 0.349 e. The number of rotatable bonds is 7. The minimum Gasteiger partial charge on any atom is -0.349 e. The van der Waals surface area contributed by atoms with Gasteiger partial charge in [-0.1, -0.05) is 55.3 Å². The summed E-state index contributed by atoms with van der Waals surface area (Å²) in [6.45, 7) is 7.28. The third-order valence-electron chi connectivity index (χ3n) is 6.28. The van der Waals surface area contributed by atoms with E-state index in [0.29, 0.717) is 13.1 Å². The Hall–Kier alpha value is -2.82. The molecule has 0 radical (unpaired) electrons. The zero-order valence-corrected chi connectivity index (χ0v) is 18.3. The molecule has 1 fully saturated rings. The van der Waals surface area contributed by atoms with Gasteiger partial charge in [-0.15, -0.1) is 0 Å². The summed E-state index contributed by atoms with van der Waals surface area (Å²) in [6, 6.07) is 17.7. The lowest BCUT2D eigenvalue weighted by molar-refractivity contribution is -0.127. The number of carbonyl (C=O) groups excluding carboxylic acids is 2. The van der Waals surface area contributed by atoms with Crippen LogP contribution in [0.3, 0.4) is 0 Å². The van der Waals surface area contributed by atoms with Gasteiger partial charge >= 0.3 is 6.03 Å². The Morgan fingerprint density at radius 2 is 1.57 bits per heavy atom. The number of benzene rings is 2. The average molecular weight is 408 g/mol. The summed E-state index contributed by atoms with van der Waals surface area (Å²) >= 11 is 0. The van der Waals surface area contributed by atoms with Crippen LogP contribution in [0.1, 0.15) is 63.6 Å². The number of hydrogen-bond acceptors (Lipinski definition) is 2. The van der Waals surface area contributed by atoms with Crippen molar-refractivity contribution in [2.45, 2.75) is 57.9 Å². The molecule has 3 rings (SSSR count). The number of carbonyl (C=O) groups is 2. The molecular weight excluding hydrogens is 374 g/mol. The van der Waals surface area contributed by atoms with Crippen molar-refractivity contribution >= 4 is 17.6 Å². The van der Waals surface area contributed by atoms with Crippen LogP contribution in [0, 0.1) is 0 Å². The van der Waals surface area contributed by atoms with E-state index in [4.69, 9.17) is 0 Å². The lowest BCUT2D eigenvalue weighted by Crippen LogP contribution is -2.43. The van der Waals surface area contributed by atoms with E-state index in [1.165, 1.54) is 0 Å². The van der Waals surface area contributed by atoms with E-state index < -0.39 is 5.41 Å². The minimum atomic E-state index is -0.423. The van der Waals surface area contributed by atoms with Crippen LogP contribution >= 0.6 is 0 Å². The van der Waals surface area contributed by atoms with Gasteiger partial charge in [0.25, 0.3) is 0 Å². The molecule has 0 aromatic heterocycles. The molecule has 5 heteroatoms. The van der Waals surface area contributed by atoms with Gasteiger partial charge in [0, 0.05) is 18.8 Å². The Bertz CT molecular complexity index is 838. The number of amides is 3. The highest BCUT2D eigenvalue weighted by Crippen LogP contribution is 2.41. The van der Waals surface area contributed by atoms with Crippen molar-refractivity contribution in [1.82, 2.24) is 10.2 Å². The molecule has 1 aliphatic carbocycles. The number of hydrogen-bond donors (Lipinski definition) is 2. The van der Waals surface area contributed by atoms with E-state index in [-0.39, 0.29) is 18.0 Å². The monoisotopic (exact) mass is 407 g/mol. The maximum Gasteiger partial charge on any atom is 0.321 e. The summed E-state index contributed by atoms with van der Waals surface area (Å²) in [7, 11) is 0. The van der Waals surface area contributed by atoms with Gasteiger partial charge in [-0.05, 0) is 56.9 Å². The van der Waals surface area contributed by atoms with Gasteiger partial charge in [0.2, 0.25) is 5.91 Å². The third kappa shape index (κ3) is 4.66. The molecular formula is C25H33N3O2. The molecule has 30 heavy (non-hydrogen) atoms. The first-order chi connectivity index (χ1) is 14.5. The number of nitrogens with one attached hydrogen (secondary N) is 2. The molecule has 1 unspecified atom stereocenters. The highest BCUT2D eigenvalue weighted by molar-refractivity contribution is 5.90. The van der Waals surface area contributed by atoms with Crippen molar-refractivity contribution in [3.05, 3.63) is 65.7 Å². The van der Waals surface area contributed by atoms with Gasteiger partial charge in [0.15, 0.2) is 0 Å². The van der Waals surface area contributed by atoms with Crippen LogP contribution < -0.4 is 10.6 Å². The van der Waals surface area contributed by atoms with Crippen molar-refractivity contribution in [2.75, 3.05) is 18.4 Å². The molecule has 3 amide bonds.